The Balaban J connectivity index is 2.16. The van der Waals surface area contributed by atoms with E-state index in [2.05, 4.69) is 44.1 Å². The van der Waals surface area contributed by atoms with E-state index in [4.69, 9.17) is 9.47 Å². The molecule has 1 aromatic carbocycles. The highest BCUT2D eigenvalue weighted by Crippen LogP contribution is 2.58. The molecule has 0 amide bonds. The molecule has 0 heterocycles. The van der Waals surface area contributed by atoms with Gasteiger partial charge in [-0.05, 0) is 42.7 Å². The van der Waals surface area contributed by atoms with Crippen molar-refractivity contribution < 1.29 is 9.47 Å². The Bertz CT molecular complexity index is 502. The second-order valence-corrected chi connectivity index (χ2v) is 6.70. The van der Waals surface area contributed by atoms with Gasteiger partial charge in [-0.1, -0.05) is 19.1 Å². The Morgan fingerprint density at radius 3 is 2.45 bits per heavy atom. The van der Waals surface area contributed by atoms with Crippen molar-refractivity contribution >= 4 is 5.69 Å². The van der Waals surface area contributed by atoms with Crippen molar-refractivity contribution in [2.24, 2.45) is 0 Å². The lowest BCUT2D eigenvalue weighted by molar-refractivity contribution is -0.163. The van der Waals surface area contributed by atoms with E-state index in [9.17, 15) is 0 Å². The Hall–Kier alpha value is -1.06. The zero-order valence-corrected chi connectivity index (χ0v) is 13.0. The number of anilines is 1. The number of ether oxygens (including phenoxy) is 2. The van der Waals surface area contributed by atoms with Gasteiger partial charge in [-0.25, -0.2) is 0 Å². The molecule has 4 rings (SSSR count). The second-order valence-electron chi connectivity index (χ2n) is 6.70. The van der Waals surface area contributed by atoms with Crippen LogP contribution in [0.3, 0.4) is 0 Å². The number of nitrogens with zero attached hydrogens (tertiary/aromatic N) is 1. The van der Waals surface area contributed by atoms with Gasteiger partial charge in [-0.3, -0.25) is 0 Å². The van der Waals surface area contributed by atoms with Gasteiger partial charge < -0.3 is 14.4 Å². The molecule has 1 aromatic rings. The fourth-order valence-electron chi connectivity index (χ4n) is 4.01. The summed E-state index contributed by atoms with van der Waals surface area (Å²) in [5.41, 5.74) is 4.35. The molecule has 0 spiro atoms. The molecule has 2 bridgehead atoms. The van der Waals surface area contributed by atoms with Gasteiger partial charge in [0.1, 0.15) is 6.79 Å². The van der Waals surface area contributed by atoms with E-state index in [1.54, 1.807) is 7.11 Å². The number of rotatable bonds is 4. The molecule has 1 saturated carbocycles. The fraction of sp³-hybridized carbons (Fsp3) is 0.647. The Morgan fingerprint density at radius 2 is 1.85 bits per heavy atom. The summed E-state index contributed by atoms with van der Waals surface area (Å²) in [7, 11) is 5.93. The summed E-state index contributed by atoms with van der Waals surface area (Å²) in [5, 5.41) is 0. The summed E-state index contributed by atoms with van der Waals surface area (Å²) in [5.74, 6) is 0. The zero-order valence-electron chi connectivity index (χ0n) is 13.0. The highest BCUT2D eigenvalue weighted by molar-refractivity contribution is 5.62. The van der Waals surface area contributed by atoms with Crippen LogP contribution in [-0.4, -0.2) is 28.0 Å². The van der Waals surface area contributed by atoms with Crippen LogP contribution >= 0.6 is 0 Å². The van der Waals surface area contributed by atoms with Crippen molar-refractivity contribution in [3.63, 3.8) is 0 Å². The molecule has 0 atom stereocenters. The quantitative estimate of drug-likeness (QED) is 0.786. The molecule has 1 fully saturated rings. The van der Waals surface area contributed by atoms with Crippen LogP contribution in [0.5, 0.6) is 0 Å². The SMILES string of the molecule is COCOC12CCC(C)(CC1)c1cccc(N(C)C)c12. The Kier molecular flexibility index (Phi) is 3.30. The highest BCUT2D eigenvalue weighted by Gasteiger charge is 2.52. The van der Waals surface area contributed by atoms with E-state index in [0.29, 0.717) is 12.2 Å². The lowest BCUT2D eigenvalue weighted by Crippen LogP contribution is -2.48. The van der Waals surface area contributed by atoms with Gasteiger partial charge in [0.05, 0.1) is 5.60 Å². The third kappa shape index (κ3) is 1.87. The minimum Gasteiger partial charge on any atom is -0.377 e. The maximum Gasteiger partial charge on any atom is 0.147 e. The van der Waals surface area contributed by atoms with E-state index >= 15 is 0 Å². The monoisotopic (exact) mass is 275 g/mol. The topological polar surface area (TPSA) is 21.7 Å². The van der Waals surface area contributed by atoms with Crippen molar-refractivity contribution in [2.45, 2.75) is 43.6 Å². The first-order valence-electron chi connectivity index (χ1n) is 7.47. The lowest BCUT2D eigenvalue weighted by atomic mass is 9.56. The van der Waals surface area contributed by atoms with Crippen molar-refractivity contribution in [2.75, 3.05) is 32.9 Å². The van der Waals surface area contributed by atoms with E-state index in [1.165, 1.54) is 29.7 Å². The van der Waals surface area contributed by atoms with E-state index in [1.807, 2.05) is 0 Å². The third-order valence-electron chi connectivity index (χ3n) is 5.24. The van der Waals surface area contributed by atoms with Crippen LogP contribution < -0.4 is 4.90 Å². The Morgan fingerprint density at radius 1 is 1.15 bits per heavy atom. The molecule has 0 N–H and O–H groups in total. The number of hydrogen-bond donors (Lipinski definition) is 0. The smallest absolute Gasteiger partial charge is 0.147 e. The summed E-state index contributed by atoms with van der Waals surface area (Å²) in [6, 6.07) is 6.69. The third-order valence-corrected chi connectivity index (χ3v) is 5.24. The first-order chi connectivity index (χ1) is 9.52. The molecule has 0 saturated heterocycles. The van der Waals surface area contributed by atoms with Crippen LogP contribution in [0, 0.1) is 0 Å². The van der Waals surface area contributed by atoms with Crippen LogP contribution in [0.1, 0.15) is 43.7 Å². The molecule has 0 unspecified atom stereocenters. The largest absolute Gasteiger partial charge is 0.377 e. The molecule has 20 heavy (non-hydrogen) atoms. The summed E-state index contributed by atoms with van der Waals surface area (Å²) in [6.07, 6.45) is 4.62. The predicted molar refractivity (Wildman–Crippen MR) is 81.2 cm³/mol. The summed E-state index contributed by atoms with van der Waals surface area (Å²) in [4.78, 5) is 2.21. The average molecular weight is 275 g/mol. The van der Waals surface area contributed by atoms with Crippen LogP contribution in [0.25, 0.3) is 0 Å². The molecule has 3 aliphatic carbocycles. The standard InChI is InChI=1S/C17H25NO2/c1-16-8-10-17(11-9-16,20-12-19-4)15-13(16)6-5-7-14(15)18(2)3/h5-7H,8-12H2,1-4H3. The molecule has 0 radical (unpaired) electrons. The Labute approximate surface area is 121 Å². The van der Waals surface area contributed by atoms with E-state index in [0.717, 1.165) is 12.8 Å². The number of methoxy groups -OCH3 is 1. The average Bonchev–Trinajstić information content (AvgIpc) is 2.46. The van der Waals surface area contributed by atoms with Gasteiger partial charge in [0.2, 0.25) is 0 Å². The van der Waals surface area contributed by atoms with Crippen molar-refractivity contribution in [1.29, 1.82) is 0 Å². The maximum atomic E-state index is 6.22. The molecule has 3 nitrogen and oxygen atoms in total. The van der Waals surface area contributed by atoms with E-state index in [-0.39, 0.29) is 5.60 Å². The maximum absolute atomic E-state index is 6.22. The van der Waals surface area contributed by atoms with Gasteiger partial charge in [-0.15, -0.1) is 0 Å². The first-order valence-corrected chi connectivity index (χ1v) is 7.47. The first kappa shape index (κ1) is 13.9. The molecule has 0 aliphatic heterocycles. The van der Waals surface area contributed by atoms with Gasteiger partial charge in [0.15, 0.2) is 0 Å². The second kappa shape index (κ2) is 4.74. The van der Waals surface area contributed by atoms with Crippen LogP contribution in [0.2, 0.25) is 0 Å². The number of benzene rings is 1. The van der Waals surface area contributed by atoms with Crippen LogP contribution in [0.15, 0.2) is 18.2 Å². The summed E-state index contributed by atoms with van der Waals surface area (Å²) in [6.45, 7) is 2.78. The summed E-state index contributed by atoms with van der Waals surface area (Å²) < 4.78 is 11.4. The van der Waals surface area contributed by atoms with Gasteiger partial charge >= 0.3 is 0 Å². The van der Waals surface area contributed by atoms with Crippen LogP contribution in [0.4, 0.5) is 5.69 Å². The normalized spacial score (nSPS) is 31.2. The molecular formula is C17H25NO2. The minimum absolute atomic E-state index is 0.149. The zero-order chi connectivity index (χ0) is 14.4. The molecular weight excluding hydrogens is 250 g/mol. The van der Waals surface area contributed by atoms with Crippen molar-refractivity contribution in [3.8, 4) is 0 Å². The molecule has 3 aliphatic rings. The van der Waals surface area contributed by atoms with Crippen molar-refractivity contribution in [3.05, 3.63) is 29.3 Å². The van der Waals surface area contributed by atoms with Gasteiger partial charge in [-0.2, -0.15) is 0 Å². The summed E-state index contributed by atoms with van der Waals surface area (Å²) >= 11 is 0. The predicted octanol–water partition coefficient (Wildman–Crippen LogP) is 3.41. The highest BCUT2D eigenvalue weighted by atomic mass is 16.7. The minimum atomic E-state index is -0.149. The van der Waals surface area contributed by atoms with E-state index < -0.39 is 0 Å². The fourth-order valence-corrected chi connectivity index (χ4v) is 4.01. The van der Waals surface area contributed by atoms with Crippen LogP contribution in [-0.2, 0) is 20.5 Å². The van der Waals surface area contributed by atoms with Gasteiger partial charge in [0, 0.05) is 32.5 Å². The van der Waals surface area contributed by atoms with Crippen molar-refractivity contribution in [1.82, 2.24) is 0 Å². The number of fused-ring (bicyclic) bond motifs is 2. The lowest BCUT2D eigenvalue weighted by Gasteiger charge is -2.53. The molecule has 3 heteroatoms. The number of hydrogen-bond acceptors (Lipinski definition) is 3. The molecule has 110 valence electrons. The van der Waals surface area contributed by atoms with Gasteiger partial charge in [0.25, 0.3) is 0 Å². The molecule has 0 aromatic heterocycles.